The number of aliphatic carboxylic acids is 1. The first-order valence-electron chi connectivity index (χ1n) is 4.55. The van der Waals surface area contributed by atoms with E-state index in [4.69, 9.17) is 20.3 Å². The maximum Gasteiger partial charge on any atom is 0.312 e. The van der Waals surface area contributed by atoms with Gasteiger partial charge in [0.25, 0.3) is 0 Å². The number of fused-ring (bicyclic) bond motifs is 1. The highest BCUT2D eigenvalue weighted by atomic mass is 35.5. The van der Waals surface area contributed by atoms with Crippen LogP contribution in [0.25, 0.3) is 0 Å². The Bertz CT molecular complexity index is 396. The Morgan fingerprint density at radius 2 is 2.12 bits per heavy atom. The third-order valence-electron chi connectivity index (χ3n) is 2.33. The van der Waals surface area contributed by atoms with Crippen molar-refractivity contribution in [1.82, 2.24) is 0 Å². The van der Waals surface area contributed by atoms with Gasteiger partial charge in [-0.15, -0.1) is 12.4 Å². The van der Waals surface area contributed by atoms with E-state index >= 15 is 0 Å². The highest BCUT2D eigenvalue weighted by Crippen LogP contribution is 2.34. The Kier molecular flexibility index (Phi) is 3.98. The number of rotatable bonds is 3. The smallest absolute Gasteiger partial charge is 0.312 e. The molecule has 0 spiro atoms. The Balaban J connectivity index is 0.00000128. The molecule has 0 radical (unpaired) electrons. The molecule has 1 heterocycles. The molecule has 1 aliphatic rings. The van der Waals surface area contributed by atoms with Crippen LogP contribution in [0, 0.1) is 0 Å². The molecular formula is C10H12ClNO4. The van der Waals surface area contributed by atoms with E-state index in [2.05, 4.69) is 0 Å². The number of nitrogens with two attached hydrogens (primary N) is 1. The molecule has 3 N–H and O–H groups in total. The summed E-state index contributed by atoms with van der Waals surface area (Å²) in [4.78, 5) is 10.9. The minimum absolute atomic E-state index is 0. The van der Waals surface area contributed by atoms with E-state index in [-0.39, 0.29) is 25.7 Å². The number of ether oxygens (including phenoxy) is 2. The zero-order chi connectivity index (χ0) is 10.8. The van der Waals surface area contributed by atoms with E-state index in [0.717, 1.165) is 0 Å². The van der Waals surface area contributed by atoms with Crippen LogP contribution in [0.5, 0.6) is 11.5 Å². The van der Waals surface area contributed by atoms with Crippen LogP contribution in [0.4, 0.5) is 0 Å². The van der Waals surface area contributed by atoms with Gasteiger partial charge in [-0.25, -0.2) is 0 Å². The van der Waals surface area contributed by atoms with Gasteiger partial charge in [0.1, 0.15) is 0 Å². The summed E-state index contributed by atoms with van der Waals surface area (Å²) in [6.45, 7) is 0.244. The first-order chi connectivity index (χ1) is 7.22. The average Bonchev–Trinajstić information content (AvgIpc) is 2.65. The second kappa shape index (κ2) is 5.05. The van der Waals surface area contributed by atoms with Gasteiger partial charge in [0.05, 0.1) is 5.92 Å². The van der Waals surface area contributed by atoms with Crippen molar-refractivity contribution in [3.8, 4) is 11.5 Å². The second-order valence-electron chi connectivity index (χ2n) is 3.24. The predicted molar refractivity (Wildman–Crippen MR) is 59.2 cm³/mol. The summed E-state index contributed by atoms with van der Waals surface area (Å²) in [6, 6.07) is 5.05. The molecule has 88 valence electrons. The summed E-state index contributed by atoms with van der Waals surface area (Å²) in [5.41, 5.74) is 6.03. The van der Waals surface area contributed by atoms with Crippen LogP contribution in [0.3, 0.4) is 0 Å². The number of carboxylic acid groups (broad SMARTS) is 1. The molecule has 6 heteroatoms. The fourth-order valence-electron chi connectivity index (χ4n) is 1.51. The number of benzene rings is 1. The molecule has 1 aliphatic heterocycles. The van der Waals surface area contributed by atoms with Gasteiger partial charge in [-0.05, 0) is 17.7 Å². The summed E-state index contributed by atoms with van der Waals surface area (Å²) < 4.78 is 10.3. The Morgan fingerprint density at radius 1 is 1.44 bits per heavy atom. The number of carbonyl (C=O) groups is 1. The lowest BCUT2D eigenvalue weighted by atomic mass is 9.99. The lowest BCUT2D eigenvalue weighted by Gasteiger charge is -2.10. The van der Waals surface area contributed by atoms with Crippen LogP contribution < -0.4 is 15.2 Å². The van der Waals surface area contributed by atoms with Crippen LogP contribution in [-0.2, 0) is 4.79 Å². The van der Waals surface area contributed by atoms with E-state index in [0.29, 0.717) is 17.1 Å². The molecule has 5 nitrogen and oxygen atoms in total. The molecule has 0 fully saturated rings. The summed E-state index contributed by atoms with van der Waals surface area (Å²) >= 11 is 0. The third-order valence-corrected chi connectivity index (χ3v) is 2.33. The number of halogens is 1. The average molecular weight is 246 g/mol. The van der Waals surface area contributed by atoms with Gasteiger partial charge in [0, 0.05) is 6.54 Å². The third kappa shape index (κ3) is 2.20. The Hall–Kier alpha value is -1.46. The lowest BCUT2D eigenvalue weighted by molar-refractivity contribution is -0.138. The first kappa shape index (κ1) is 12.6. The molecule has 0 saturated carbocycles. The van der Waals surface area contributed by atoms with Crippen molar-refractivity contribution in [3.05, 3.63) is 23.8 Å². The van der Waals surface area contributed by atoms with Crippen LogP contribution in [0.2, 0.25) is 0 Å². The molecule has 1 atom stereocenters. The van der Waals surface area contributed by atoms with Gasteiger partial charge in [-0.2, -0.15) is 0 Å². The lowest BCUT2D eigenvalue weighted by Crippen LogP contribution is -2.20. The van der Waals surface area contributed by atoms with Crippen molar-refractivity contribution in [1.29, 1.82) is 0 Å². The van der Waals surface area contributed by atoms with E-state index in [9.17, 15) is 4.79 Å². The van der Waals surface area contributed by atoms with Crippen molar-refractivity contribution < 1.29 is 19.4 Å². The topological polar surface area (TPSA) is 81.8 Å². The largest absolute Gasteiger partial charge is 0.481 e. The minimum atomic E-state index is -0.934. The van der Waals surface area contributed by atoms with Crippen molar-refractivity contribution >= 4 is 18.4 Å². The molecular weight excluding hydrogens is 234 g/mol. The number of hydrogen-bond donors (Lipinski definition) is 2. The maximum absolute atomic E-state index is 10.9. The van der Waals surface area contributed by atoms with Crippen LogP contribution in [-0.4, -0.2) is 24.4 Å². The zero-order valence-electron chi connectivity index (χ0n) is 8.38. The monoisotopic (exact) mass is 245 g/mol. The SMILES string of the molecule is Cl.NCC(C(=O)O)c1ccc2c(c1)OCO2. The number of carboxylic acids is 1. The molecule has 0 aliphatic carbocycles. The van der Waals surface area contributed by atoms with E-state index < -0.39 is 11.9 Å². The molecule has 0 bridgehead atoms. The van der Waals surface area contributed by atoms with Crippen molar-refractivity contribution in [2.24, 2.45) is 5.73 Å². The Morgan fingerprint density at radius 3 is 2.75 bits per heavy atom. The van der Waals surface area contributed by atoms with Crippen molar-refractivity contribution in [3.63, 3.8) is 0 Å². The molecule has 1 aromatic rings. The zero-order valence-corrected chi connectivity index (χ0v) is 9.20. The van der Waals surface area contributed by atoms with Gasteiger partial charge in [-0.3, -0.25) is 4.79 Å². The summed E-state index contributed by atoms with van der Waals surface area (Å²) in [5, 5.41) is 8.92. The summed E-state index contributed by atoms with van der Waals surface area (Å²) in [5.74, 6) is -0.414. The van der Waals surface area contributed by atoms with E-state index in [1.165, 1.54) is 0 Å². The van der Waals surface area contributed by atoms with Gasteiger partial charge in [0.2, 0.25) is 6.79 Å². The fourth-order valence-corrected chi connectivity index (χ4v) is 1.51. The highest BCUT2D eigenvalue weighted by Gasteiger charge is 2.21. The molecule has 0 aromatic heterocycles. The normalized spacial score (nSPS) is 14.1. The summed E-state index contributed by atoms with van der Waals surface area (Å²) in [7, 11) is 0. The quantitative estimate of drug-likeness (QED) is 0.829. The molecule has 1 aromatic carbocycles. The maximum atomic E-state index is 10.9. The van der Waals surface area contributed by atoms with Crippen molar-refractivity contribution in [2.75, 3.05) is 13.3 Å². The Labute approximate surface area is 98.6 Å². The first-order valence-corrected chi connectivity index (χ1v) is 4.55. The fraction of sp³-hybridized carbons (Fsp3) is 0.300. The number of hydrogen-bond acceptors (Lipinski definition) is 4. The van der Waals surface area contributed by atoms with Crippen LogP contribution in [0.15, 0.2) is 18.2 Å². The predicted octanol–water partition coefficient (Wildman–Crippen LogP) is 0.964. The van der Waals surface area contributed by atoms with Gasteiger partial charge >= 0.3 is 5.97 Å². The van der Waals surface area contributed by atoms with Crippen molar-refractivity contribution in [2.45, 2.75) is 5.92 Å². The molecule has 0 amide bonds. The molecule has 2 rings (SSSR count). The van der Waals surface area contributed by atoms with Gasteiger partial charge in [-0.1, -0.05) is 6.07 Å². The van der Waals surface area contributed by atoms with Crippen LogP contribution >= 0.6 is 12.4 Å². The molecule has 0 saturated heterocycles. The second-order valence-corrected chi connectivity index (χ2v) is 3.24. The summed E-state index contributed by atoms with van der Waals surface area (Å²) in [6.07, 6.45) is 0. The van der Waals surface area contributed by atoms with Gasteiger partial charge < -0.3 is 20.3 Å². The highest BCUT2D eigenvalue weighted by molar-refractivity contribution is 5.85. The molecule has 1 unspecified atom stereocenters. The standard InChI is InChI=1S/C10H11NO4.ClH/c11-4-7(10(12)13)6-1-2-8-9(3-6)15-5-14-8;/h1-3,7H,4-5,11H2,(H,12,13);1H. The van der Waals surface area contributed by atoms with E-state index in [1.807, 2.05) is 0 Å². The van der Waals surface area contributed by atoms with E-state index in [1.54, 1.807) is 18.2 Å². The van der Waals surface area contributed by atoms with Crippen LogP contribution in [0.1, 0.15) is 11.5 Å². The minimum Gasteiger partial charge on any atom is -0.481 e. The molecule has 16 heavy (non-hydrogen) atoms. The van der Waals surface area contributed by atoms with Gasteiger partial charge in [0.15, 0.2) is 11.5 Å².